The van der Waals surface area contributed by atoms with Gasteiger partial charge < -0.3 is 11.1 Å². The Bertz CT molecular complexity index is 629. The topological polar surface area (TPSA) is 55.9 Å². The van der Waals surface area contributed by atoms with Gasteiger partial charge in [-0.2, -0.15) is 5.10 Å². The smallest absolute Gasteiger partial charge is 0.152 e. The molecule has 4 nitrogen and oxygen atoms in total. The third kappa shape index (κ3) is 2.69. The van der Waals surface area contributed by atoms with Crippen LogP contribution in [0.2, 0.25) is 10.0 Å². The highest BCUT2D eigenvalue weighted by atomic mass is 35.5. The van der Waals surface area contributed by atoms with Crippen molar-refractivity contribution in [3.63, 3.8) is 0 Å². The number of halogens is 3. The van der Waals surface area contributed by atoms with Gasteiger partial charge in [0.05, 0.1) is 27.1 Å². The molecule has 0 saturated heterocycles. The minimum absolute atomic E-state index is 0.182. The maximum atomic E-state index is 13.2. The van der Waals surface area contributed by atoms with Gasteiger partial charge in [0.1, 0.15) is 5.82 Å². The molecule has 0 saturated carbocycles. The van der Waals surface area contributed by atoms with Crippen LogP contribution in [0.25, 0.3) is 0 Å². The second-order valence-corrected chi connectivity index (χ2v) is 5.61. The first kappa shape index (κ1) is 14.9. The molecule has 0 fully saturated rings. The fraction of sp³-hybridized carbons (Fsp3) is 0.308. The van der Waals surface area contributed by atoms with E-state index in [1.165, 1.54) is 12.1 Å². The molecule has 2 rings (SSSR count). The highest BCUT2D eigenvalue weighted by Crippen LogP contribution is 2.36. The fourth-order valence-electron chi connectivity index (χ4n) is 1.92. The minimum Gasteiger partial charge on any atom is -0.394 e. The normalized spacial score (nSPS) is 11.2. The Balaban J connectivity index is 2.46. The highest BCUT2D eigenvalue weighted by Gasteiger charge is 2.18. The summed E-state index contributed by atoms with van der Waals surface area (Å²) in [7, 11) is 1.76. The van der Waals surface area contributed by atoms with E-state index in [1.54, 1.807) is 11.7 Å². The molecule has 0 unspecified atom stereocenters. The number of rotatable bonds is 3. The average Bonchev–Trinajstić information content (AvgIpc) is 2.60. The summed E-state index contributed by atoms with van der Waals surface area (Å²) in [4.78, 5) is 0. The standard InChI is InChI=1S/C13H15Cl2FN4/c1-6(2)11-10(17)13(20(3)19-11)18-12-8(14)4-7(16)5-9(12)15/h4-6,18H,17H2,1-3H3. The summed E-state index contributed by atoms with van der Waals surface area (Å²) >= 11 is 12.0. The molecular formula is C13H15Cl2FN4. The van der Waals surface area contributed by atoms with Crippen LogP contribution in [0.5, 0.6) is 0 Å². The number of anilines is 3. The SMILES string of the molecule is CC(C)c1nn(C)c(Nc2c(Cl)cc(F)cc2Cl)c1N. The summed E-state index contributed by atoms with van der Waals surface area (Å²) in [5.74, 6) is 0.270. The van der Waals surface area contributed by atoms with Crippen LogP contribution in [0, 0.1) is 5.82 Å². The largest absolute Gasteiger partial charge is 0.394 e. The molecule has 0 aliphatic rings. The number of nitrogen functional groups attached to an aromatic ring is 1. The molecule has 0 atom stereocenters. The molecule has 1 aromatic heterocycles. The predicted octanol–water partition coefficient (Wildman–Crippen LogP) is 4.32. The molecule has 20 heavy (non-hydrogen) atoms. The van der Waals surface area contributed by atoms with E-state index in [0.717, 1.165) is 5.69 Å². The van der Waals surface area contributed by atoms with E-state index in [-0.39, 0.29) is 16.0 Å². The summed E-state index contributed by atoms with van der Waals surface area (Å²) in [6, 6.07) is 2.37. The lowest BCUT2D eigenvalue weighted by molar-refractivity contribution is 0.628. The molecule has 2 aromatic rings. The molecule has 1 heterocycles. The minimum atomic E-state index is -0.494. The van der Waals surface area contributed by atoms with Gasteiger partial charge in [-0.3, -0.25) is 4.68 Å². The van der Waals surface area contributed by atoms with E-state index < -0.39 is 5.82 Å². The van der Waals surface area contributed by atoms with Crippen molar-refractivity contribution < 1.29 is 4.39 Å². The van der Waals surface area contributed by atoms with Crippen LogP contribution in [0.4, 0.5) is 21.6 Å². The van der Waals surface area contributed by atoms with Crippen molar-refractivity contribution in [3.05, 3.63) is 33.7 Å². The first-order chi connectivity index (χ1) is 9.31. The second kappa shape index (κ2) is 5.50. The maximum Gasteiger partial charge on any atom is 0.152 e. The first-order valence-corrected chi connectivity index (χ1v) is 6.80. The quantitative estimate of drug-likeness (QED) is 0.886. The van der Waals surface area contributed by atoms with Crippen molar-refractivity contribution in [2.75, 3.05) is 11.1 Å². The Morgan fingerprint density at radius 1 is 1.30 bits per heavy atom. The molecule has 0 aliphatic heterocycles. The molecule has 0 spiro atoms. The van der Waals surface area contributed by atoms with Crippen LogP contribution >= 0.6 is 23.2 Å². The van der Waals surface area contributed by atoms with Crippen LogP contribution in [0.15, 0.2) is 12.1 Å². The fourth-order valence-corrected chi connectivity index (χ4v) is 2.47. The summed E-state index contributed by atoms with van der Waals surface area (Å²) in [6.45, 7) is 4.00. The summed E-state index contributed by atoms with van der Waals surface area (Å²) in [6.07, 6.45) is 0. The monoisotopic (exact) mass is 316 g/mol. The molecule has 3 N–H and O–H groups in total. The molecular weight excluding hydrogens is 302 g/mol. The third-order valence-corrected chi connectivity index (χ3v) is 3.51. The Hall–Kier alpha value is -1.46. The van der Waals surface area contributed by atoms with E-state index >= 15 is 0 Å². The number of hydrogen-bond acceptors (Lipinski definition) is 3. The van der Waals surface area contributed by atoms with Crippen molar-refractivity contribution in [3.8, 4) is 0 Å². The lowest BCUT2D eigenvalue weighted by Crippen LogP contribution is -2.02. The van der Waals surface area contributed by atoms with Crippen LogP contribution in [-0.4, -0.2) is 9.78 Å². The molecule has 0 radical (unpaired) electrons. The van der Waals surface area contributed by atoms with Gasteiger partial charge in [-0.05, 0) is 18.1 Å². The van der Waals surface area contributed by atoms with Crippen molar-refractivity contribution >= 4 is 40.4 Å². The third-order valence-electron chi connectivity index (χ3n) is 2.91. The maximum absolute atomic E-state index is 13.2. The number of nitrogens with one attached hydrogen (secondary N) is 1. The lowest BCUT2D eigenvalue weighted by Gasteiger charge is -2.11. The van der Waals surface area contributed by atoms with Gasteiger partial charge in [0.2, 0.25) is 0 Å². The predicted molar refractivity (Wildman–Crippen MR) is 81.4 cm³/mol. The summed E-state index contributed by atoms with van der Waals surface area (Å²) in [5.41, 5.74) is 7.79. The van der Waals surface area contributed by atoms with Gasteiger partial charge in [-0.1, -0.05) is 37.0 Å². The van der Waals surface area contributed by atoms with Gasteiger partial charge in [0, 0.05) is 7.05 Å². The molecule has 108 valence electrons. The van der Waals surface area contributed by atoms with Crippen LogP contribution in [0.1, 0.15) is 25.5 Å². The van der Waals surface area contributed by atoms with Crippen molar-refractivity contribution in [1.82, 2.24) is 9.78 Å². The van der Waals surface area contributed by atoms with Crippen LogP contribution in [0.3, 0.4) is 0 Å². The summed E-state index contributed by atoms with van der Waals surface area (Å²) < 4.78 is 14.8. The van der Waals surface area contributed by atoms with Crippen LogP contribution < -0.4 is 11.1 Å². The van der Waals surface area contributed by atoms with Gasteiger partial charge >= 0.3 is 0 Å². The zero-order valence-corrected chi connectivity index (χ0v) is 12.8. The Kier molecular flexibility index (Phi) is 4.11. The zero-order chi connectivity index (χ0) is 15.0. The van der Waals surface area contributed by atoms with Crippen molar-refractivity contribution in [1.29, 1.82) is 0 Å². The molecule has 0 amide bonds. The van der Waals surface area contributed by atoms with E-state index in [2.05, 4.69) is 10.4 Å². The number of hydrogen-bond donors (Lipinski definition) is 2. The lowest BCUT2D eigenvalue weighted by atomic mass is 10.1. The Morgan fingerprint density at radius 2 is 1.85 bits per heavy atom. The number of aromatic nitrogens is 2. The Morgan fingerprint density at radius 3 is 2.30 bits per heavy atom. The number of benzene rings is 1. The molecule has 0 aliphatic carbocycles. The number of nitrogens with zero attached hydrogens (tertiary/aromatic N) is 2. The van der Waals surface area contributed by atoms with E-state index in [9.17, 15) is 4.39 Å². The Labute approximate surface area is 126 Å². The van der Waals surface area contributed by atoms with Crippen molar-refractivity contribution in [2.45, 2.75) is 19.8 Å². The average molecular weight is 317 g/mol. The second-order valence-electron chi connectivity index (χ2n) is 4.80. The van der Waals surface area contributed by atoms with E-state index in [4.69, 9.17) is 28.9 Å². The van der Waals surface area contributed by atoms with Gasteiger partial charge in [0.25, 0.3) is 0 Å². The molecule has 7 heteroatoms. The zero-order valence-electron chi connectivity index (χ0n) is 11.3. The van der Waals surface area contributed by atoms with E-state index in [0.29, 0.717) is 17.2 Å². The molecule has 0 bridgehead atoms. The van der Waals surface area contributed by atoms with Gasteiger partial charge in [0.15, 0.2) is 5.82 Å². The van der Waals surface area contributed by atoms with Crippen molar-refractivity contribution in [2.24, 2.45) is 7.05 Å². The van der Waals surface area contributed by atoms with Gasteiger partial charge in [-0.15, -0.1) is 0 Å². The molecule has 1 aromatic carbocycles. The summed E-state index contributed by atoms with van der Waals surface area (Å²) in [5, 5.41) is 7.74. The number of aryl methyl sites for hydroxylation is 1. The number of nitrogens with two attached hydrogens (primary N) is 1. The van der Waals surface area contributed by atoms with E-state index in [1.807, 2.05) is 13.8 Å². The first-order valence-electron chi connectivity index (χ1n) is 6.05. The van der Waals surface area contributed by atoms with Gasteiger partial charge in [-0.25, -0.2) is 4.39 Å². The highest BCUT2D eigenvalue weighted by molar-refractivity contribution is 6.39. The van der Waals surface area contributed by atoms with Crippen LogP contribution in [-0.2, 0) is 7.05 Å².